The van der Waals surface area contributed by atoms with Gasteiger partial charge in [-0.2, -0.15) is 0 Å². The molecule has 3 nitrogen and oxygen atoms in total. The van der Waals surface area contributed by atoms with Crippen LogP contribution >= 0.6 is 22.6 Å². The first-order chi connectivity index (χ1) is 8.16. The van der Waals surface area contributed by atoms with Crippen LogP contribution < -0.4 is 4.74 Å². The van der Waals surface area contributed by atoms with Crippen LogP contribution in [0.4, 0.5) is 0 Å². The fourth-order valence-corrected chi connectivity index (χ4v) is 1.96. The average molecular weight is 341 g/mol. The Balaban J connectivity index is 2.30. The molecule has 17 heavy (non-hydrogen) atoms. The van der Waals surface area contributed by atoms with Gasteiger partial charge in [0.25, 0.3) is 0 Å². The molecule has 0 aliphatic heterocycles. The van der Waals surface area contributed by atoms with E-state index < -0.39 is 6.10 Å². The number of halogens is 1. The molecule has 1 atom stereocenters. The Morgan fingerprint density at radius 3 is 2.82 bits per heavy atom. The van der Waals surface area contributed by atoms with Crippen molar-refractivity contribution in [1.82, 2.24) is 4.98 Å². The maximum Gasteiger partial charge on any atom is 0.225 e. The van der Waals surface area contributed by atoms with E-state index in [0.717, 1.165) is 9.32 Å². The number of aromatic nitrogens is 1. The van der Waals surface area contributed by atoms with E-state index in [1.807, 2.05) is 24.3 Å². The molecule has 1 aromatic carbocycles. The van der Waals surface area contributed by atoms with E-state index in [0.29, 0.717) is 11.4 Å². The van der Waals surface area contributed by atoms with E-state index in [9.17, 15) is 5.11 Å². The fraction of sp³-hybridized carbons (Fsp3) is 0.154. The van der Waals surface area contributed by atoms with Gasteiger partial charge in [-0.05, 0) is 59.8 Å². The topological polar surface area (TPSA) is 42.4 Å². The van der Waals surface area contributed by atoms with E-state index in [-0.39, 0.29) is 0 Å². The van der Waals surface area contributed by atoms with Gasteiger partial charge in [-0.15, -0.1) is 0 Å². The molecule has 88 valence electrons. The SMILES string of the molecule is C[C@H](O)c1cccnc1Oc1cccc(I)c1. The van der Waals surface area contributed by atoms with Crippen LogP contribution in [0, 0.1) is 3.57 Å². The van der Waals surface area contributed by atoms with Crippen molar-refractivity contribution in [1.29, 1.82) is 0 Å². The summed E-state index contributed by atoms with van der Waals surface area (Å²) < 4.78 is 6.77. The van der Waals surface area contributed by atoms with Crippen molar-refractivity contribution >= 4 is 22.6 Å². The number of aliphatic hydroxyl groups is 1. The summed E-state index contributed by atoms with van der Waals surface area (Å²) in [6.07, 6.45) is 1.05. The first-order valence-corrected chi connectivity index (χ1v) is 6.31. The molecule has 4 heteroatoms. The van der Waals surface area contributed by atoms with E-state index in [4.69, 9.17) is 4.74 Å². The Kier molecular flexibility index (Phi) is 3.96. The second kappa shape index (κ2) is 5.46. The molecule has 0 aliphatic carbocycles. The maximum absolute atomic E-state index is 9.62. The summed E-state index contributed by atoms with van der Waals surface area (Å²) in [5.41, 5.74) is 0.686. The third-order valence-electron chi connectivity index (χ3n) is 2.26. The molecule has 1 N–H and O–H groups in total. The summed E-state index contributed by atoms with van der Waals surface area (Å²) in [6.45, 7) is 1.69. The highest BCUT2D eigenvalue weighted by Crippen LogP contribution is 2.27. The highest BCUT2D eigenvalue weighted by Gasteiger charge is 2.10. The number of ether oxygens (including phenoxy) is 1. The molecule has 2 rings (SSSR count). The van der Waals surface area contributed by atoms with Crippen LogP contribution in [0.3, 0.4) is 0 Å². The van der Waals surface area contributed by atoms with Crippen molar-refractivity contribution in [3.05, 3.63) is 51.7 Å². The van der Waals surface area contributed by atoms with Crippen LogP contribution in [0.2, 0.25) is 0 Å². The molecule has 0 amide bonds. The predicted octanol–water partition coefficient (Wildman–Crippen LogP) is 3.53. The van der Waals surface area contributed by atoms with E-state index in [2.05, 4.69) is 27.6 Å². The monoisotopic (exact) mass is 341 g/mol. The van der Waals surface area contributed by atoms with Gasteiger partial charge in [0.2, 0.25) is 5.88 Å². The molecule has 0 aliphatic rings. The van der Waals surface area contributed by atoms with Gasteiger partial charge < -0.3 is 9.84 Å². The van der Waals surface area contributed by atoms with Crippen molar-refractivity contribution in [2.45, 2.75) is 13.0 Å². The van der Waals surface area contributed by atoms with E-state index >= 15 is 0 Å². The quantitative estimate of drug-likeness (QED) is 0.869. The van der Waals surface area contributed by atoms with Crippen molar-refractivity contribution < 1.29 is 9.84 Å². The molecular weight excluding hydrogens is 329 g/mol. The van der Waals surface area contributed by atoms with E-state index in [1.54, 1.807) is 25.3 Å². The summed E-state index contributed by atoms with van der Waals surface area (Å²) in [4.78, 5) is 4.14. The van der Waals surface area contributed by atoms with Crippen molar-refractivity contribution in [3.8, 4) is 11.6 Å². The average Bonchev–Trinajstić information content (AvgIpc) is 2.29. The Morgan fingerprint density at radius 1 is 1.29 bits per heavy atom. The third kappa shape index (κ3) is 3.17. The zero-order chi connectivity index (χ0) is 12.3. The van der Waals surface area contributed by atoms with Gasteiger partial charge >= 0.3 is 0 Å². The Hall–Kier alpha value is -1.14. The second-order valence-electron chi connectivity index (χ2n) is 3.63. The molecule has 1 aromatic heterocycles. The summed E-state index contributed by atoms with van der Waals surface area (Å²) in [5.74, 6) is 1.17. The normalized spacial score (nSPS) is 12.2. The molecule has 0 bridgehead atoms. The van der Waals surface area contributed by atoms with Gasteiger partial charge in [0.1, 0.15) is 5.75 Å². The highest BCUT2D eigenvalue weighted by atomic mass is 127. The van der Waals surface area contributed by atoms with Gasteiger partial charge in [-0.3, -0.25) is 0 Å². The lowest BCUT2D eigenvalue weighted by atomic mass is 10.2. The number of benzene rings is 1. The molecule has 0 fully saturated rings. The molecule has 0 saturated carbocycles. The van der Waals surface area contributed by atoms with Gasteiger partial charge in [0.15, 0.2) is 0 Å². The lowest BCUT2D eigenvalue weighted by molar-refractivity contribution is 0.194. The number of rotatable bonds is 3. The number of nitrogens with zero attached hydrogens (tertiary/aromatic N) is 1. The van der Waals surface area contributed by atoms with Crippen LogP contribution in [0.1, 0.15) is 18.6 Å². The lowest BCUT2D eigenvalue weighted by Crippen LogP contribution is -1.98. The molecule has 1 heterocycles. The van der Waals surface area contributed by atoms with Gasteiger partial charge in [-0.1, -0.05) is 6.07 Å². The zero-order valence-corrected chi connectivity index (χ0v) is 11.5. The first-order valence-electron chi connectivity index (χ1n) is 5.23. The van der Waals surface area contributed by atoms with Crippen molar-refractivity contribution in [2.24, 2.45) is 0 Å². The summed E-state index contributed by atoms with van der Waals surface area (Å²) in [6, 6.07) is 11.3. The molecule has 0 radical (unpaired) electrons. The number of pyridine rings is 1. The van der Waals surface area contributed by atoms with E-state index in [1.165, 1.54) is 0 Å². The fourth-order valence-electron chi connectivity index (χ4n) is 1.45. The number of hydrogen-bond donors (Lipinski definition) is 1. The molecule has 0 unspecified atom stereocenters. The van der Waals surface area contributed by atoms with Crippen LogP contribution in [0.5, 0.6) is 11.6 Å². The van der Waals surface area contributed by atoms with Crippen LogP contribution in [-0.4, -0.2) is 10.1 Å². The minimum absolute atomic E-state index is 0.449. The van der Waals surface area contributed by atoms with Gasteiger partial charge in [0.05, 0.1) is 6.10 Å². The van der Waals surface area contributed by atoms with Crippen molar-refractivity contribution in [3.63, 3.8) is 0 Å². The second-order valence-corrected chi connectivity index (χ2v) is 4.88. The molecule has 0 spiro atoms. The predicted molar refractivity (Wildman–Crippen MR) is 74.1 cm³/mol. The smallest absolute Gasteiger partial charge is 0.225 e. The van der Waals surface area contributed by atoms with Gasteiger partial charge in [0, 0.05) is 15.3 Å². The first kappa shape index (κ1) is 12.3. The minimum atomic E-state index is -0.596. The van der Waals surface area contributed by atoms with Crippen LogP contribution in [0.25, 0.3) is 0 Å². The molecule has 2 aromatic rings. The largest absolute Gasteiger partial charge is 0.439 e. The summed E-state index contributed by atoms with van der Waals surface area (Å²) in [7, 11) is 0. The van der Waals surface area contributed by atoms with Gasteiger partial charge in [-0.25, -0.2) is 4.98 Å². The standard InChI is InChI=1S/C13H12INO2/c1-9(16)12-6-3-7-15-13(12)17-11-5-2-4-10(14)8-11/h2-9,16H,1H3/t9-/m0/s1. The summed E-state index contributed by atoms with van der Waals surface area (Å²) >= 11 is 2.22. The van der Waals surface area contributed by atoms with Crippen molar-refractivity contribution in [2.75, 3.05) is 0 Å². The number of aliphatic hydroxyl groups excluding tert-OH is 1. The highest BCUT2D eigenvalue weighted by molar-refractivity contribution is 14.1. The van der Waals surface area contributed by atoms with Crippen LogP contribution in [0.15, 0.2) is 42.6 Å². The third-order valence-corrected chi connectivity index (χ3v) is 2.93. The Morgan fingerprint density at radius 2 is 2.12 bits per heavy atom. The molecular formula is C13H12INO2. The zero-order valence-electron chi connectivity index (χ0n) is 9.30. The molecule has 0 saturated heterocycles. The lowest BCUT2D eigenvalue weighted by Gasteiger charge is -2.11. The Bertz CT molecular complexity index is 514. The Labute approximate surface area is 114 Å². The minimum Gasteiger partial charge on any atom is -0.439 e. The number of hydrogen-bond acceptors (Lipinski definition) is 3. The summed E-state index contributed by atoms with van der Waals surface area (Å²) in [5, 5.41) is 9.62. The maximum atomic E-state index is 9.62. The van der Waals surface area contributed by atoms with Crippen LogP contribution in [-0.2, 0) is 0 Å².